The van der Waals surface area contributed by atoms with Crippen molar-refractivity contribution >= 4 is 10.0 Å². The van der Waals surface area contributed by atoms with E-state index in [-0.39, 0.29) is 4.90 Å². The summed E-state index contributed by atoms with van der Waals surface area (Å²) in [6.45, 7) is 2.63. The van der Waals surface area contributed by atoms with E-state index in [1.165, 1.54) is 0 Å². The molecule has 1 aromatic heterocycles. The molecule has 1 saturated heterocycles. The number of para-hydroxylation sites is 1. The van der Waals surface area contributed by atoms with Crippen molar-refractivity contribution in [2.45, 2.75) is 30.2 Å². The Bertz CT molecular complexity index is 1040. The molecule has 0 spiro atoms. The zero-order chi connectivity index (χ0) is 19.6. The van der Waals surface area contributed by atoms with Crippen LogP contribution in [0.5, 0.6) is 0 Å². The summed E-state index contributed by atoms with van der Waals surface area (Å²) in [4.78, 5) is 2.55. The Morgan fingerprint density at radius 2 is 1.79 bits per heavy atom. The van der Waals surface area contributed by atoms with E-state index in [9.17, 15) is 8.42 Å². The minimum Gasteiger partial charge on any atom is -0.297 e. The van der Waals surface area contributed by atoms with Gasteiger partial charge in [-0.15, -0.1) is 5.10 Å². The molecule has 146 valence electrons. The lowest BCUT2D eigenvalue weighted by Gasteiger charge is -2.31. The molecular formula is C20H23N5O2S. The topological polar surface area (TPSA) is 94.1 Å². The molecule has 0 amide bonds. The number of rotatable bonds is 5. The van der Waals surface area contributed by atoms with Crippen molar-refractivity contribution in [3.63, 3.8) is 0 Å². The smallest absolute Gasteiger partial charge is 0.238 e. The summed E-state index contributed by atoms with van der Waals surface area (Å²) in [7, 11) is -3.66. The minimum atomic E-state index is -3.66. The fourth-order valence-corrected chi connectivity index (χ4v) is 4.25. The Hall–Kier alpha value is -2.55. The molecule has 1 aliphatic heterocycles. The average molecular weight is 398 g/mol. The molecule has 0 bridgehead atoms. The van der Waals surface area contributed by atoms with E-state index in [1.54, 1.807) is 22.9 Å². The lowest BCUT2D eigenvalue weighted by atomic mass is 9.89. The highest BCUT2D eigenvalue weighted by molar-refractivity contribution is 7.89. The van der Waals surface area contributed by atoms with E-state index >= 15 is 0 Å². The van der Waals surface area contributed by atoms with Crippen LogP contribution in [-0.4, -0.2) is 41.4 Å². The van der Waals surface area contributed by atoms with Crippen molar-refractivity contribution in [3.8, 4) is 5.69 Å². The number of piperidine rings is 1. The van der Waals surface area contributed by atoms with Crippen molar-refractivity contribution in [3.05, 3.63) is 72.1 Å². The van der Waals surface area contributed by atoms with Crippen LogP contribution in [0.4, 0.5) is 0 Å². The van der Waals surface area contributed by atoms with Crippen LogP contribution in [0.3, 0.4) is 0 Å². The van der Waals surface area contributed by atoms with Crippen LogP contribution >= 0.6 is 0 Å². The number of sulfonamides is 1. The van der Waals surface area contributed by atoms with E-state index in [0.717, 1.165) is 49.4 Å². The Labute approximate surface area is 164 Å². The van der Waals surface area contributed by atoms with Gasteiger partial charge in [0.05, 0.1) is 22.5 Å². The van der Waals surface area contributed by atoms with Crippen molar-refractivity contribution < 1.29 is 8.42 Å². The first-order chi connectivity index (χ1) is 13.5. The molecule has 3 aromatic rings. The van der Waals surface area contributed by atoms with Gasteiger partial charge < -0.3 is 0 Å². The first-order valence-corrected chi connectivity index (χ1v) is 10.9. The third kappa shape index (κ3) is 4.30. The highest BCUT2D eigenvalue weighted by atomic mass is 32.2. The van der Waals surface area contributed by atoms with E-state index < -0.39 is 10.0 Å². The number of benzene rings is 2. The number of hydrogen-bond acceptors (Lipinski definition) is 5. The number of nitrogens with zero attached hydrogens (tertiary/aromatic N) is 4. The molecule has 1 aliphatic rings. The van der Waals surface area contributed by atoms with Crippen LogP contribution in [0, 0.1) is 0 Å². The number of primary sulfonamides is 1. The van der Waals surface area contributed by atoms with Crippen LogP contribution in [0.2, 0.25) is 0 Å². The summed E-state index contributed by atoms with van der Waals surface area (Å²) < 4.78 is 25.0. The average Bonchev–Trinajstić information content (AvgIpc) is 3.17. The largest absolute Gasteiger partial charge is 0.297 e. The zero-order valence-electron chi connectivity index (χ0n) is 15.5. The number of hydrogen-bond donors (Lipinski definition) is 1. The van der Waals surface area contributed by atoms with E-state index in [2.05, 4.69) is 15.2 Å². The maximum Gasteiger partial charge on any atom is 0.238 e. The molecule has 0 unspecified atom stereocenters. The van der Waals surface area contributed by atoms with Crippen LogP contribution in [-0.2, 0) is 16.6 Å². The van der Waals surface area contributed by atoms with Crippen molar-refractivity contribution in [2.24, 2.45) is 5.14 Å². The summed E-state index contributed by atoms with van der Waals surface area (Å²) in [5, 5.41) is 13.8. The van der Waals surface area contributed by atoms with Gasteiger partial charge in [-0.25, -0.2) is 18.2 Å². The molecule has 0 radical (unpaired) electrons. The lowest BCUT2D eigenvalue weighted by Crippen LogP contribution is -2.32. The van der Waals surface area contributed by atoms with E-state index in [0.29, 0.717) is 5.92 Å². The normalized spacial score (nSPS) is 16.3. The Morgan fingerprint density at radius 3 is 2.50 bits per heavy atom. The van der Waals surface area contributed by atoms with Crippen LogP contribution in [0.1, 0.15) is 30.0 Å². The molecule has 0 aliphatic carbocycles. The maximum absolute atomic E-state index is 11.6. The Morgan fingerprint density at radius 1 is 1.04 bits per heavy atom. The molecular weight excluding hydrogens is 374 g/mol. The fraction of sp³-hybridized carbons (Fsp3) is 0.300. The number of nitrogens with two attached hydrogens (primary N) is 1. The second kappa shape index (κ2) is 7.83. The Balaban J connectivity index is 1.37. The van der Waals surface area contributed by atoms with Crippen LogP contribution in [0.25, 0.3) is 5.69 Å². The third-order valence-electron chi connectivity index (χ3n) is 5.19. The minimum absolute atomic E-state index is 0.185. The molecule has 2 heterocycles. The summed E-state index contributed by atoms with van der Waals surface area (Å²) in [5.41, 5.74) is 2.98. The van der Waals surface area contributed by atoms with E-state index in [4.69, 9.17) is 5.14 Å². The molecule has 0 atom stereocenters. The standard InChI is InChI=1S/C20H23N5O2S/c21-28(26,27)20-8-4-5-17(13-20)16-9-11-24(12-10-16)14-18-15-25(23-22-18)19-6-2-1-3-7-19/h1-8,13,15-16H,9-12,14H2,(H2,21,26,27). The van der Waals surface area contributed by atoms with Crippen molar-refractivity contribution in [1.82, 2.24) is 19.9 Å². The molecule has 1 fully saturated rings. The predicted molar refractivity (Wildman–Crippen MR) is 106 cm³/mol. The molecule has 2 N–H and O–H groups in total. The summed E-state index contributed by atoms with van der Waals surface area (Å²) >= 11 is 0. The molecule has 7 nitrogen and oxygen atoms in total. The van der Waals surface area contributed by atoms with Gasteiger partial charge in [-0.3, -0.25) is 4.90 Å². The van der Waals surface area contributed by atoms with Gasteiger partial charge in [0, 0.05) is 6.54 Å². The molecule has 8 heteroatoms. The van der Waals surface area contributed by atoms with E-state index in [1.807, 2.05) is 42.6 Å². The summed E-state index contributed by atoms with van der Waals surface area (Å²) in [5.74, 6) is 0.345. The monoisotopic (exact) mass is 397 g/mol. The highest BCUT2D eigenvalue weighted by Gasteiger charge is 2.22. The Kier molecular flexibility index (Phi) is 5.25. The quantitative estimate of drug-likeness (QED) is 0.713. The van der Waals surface area contributed by atoms with Gasteiger partial charge in [-0.2, -0.15) is 0 Å². The first-order valence-electron chi connectivity index (χ1n) is 9.31. The fourth-order valence-electron chi connectivity index (χ4n) is 3.68. The zero-order valence-corrected chi connectivity index (χ0v) is 16.3. The van der Waals surface area contributed by atoms with Gasteiger partial charge in [-0.05, 0) is 61.7 Å². The summed E-state index contributed by atoms with van der Waals surface area (Å²) in [6.07, 6.45) is 3.92. The van der Waals surface area contributed by atoms with Crippen LogP contribution < -0.4 is 5.14 Å². The molecule has 0 saturated carbocycles. The van der Waals surface area contributed by atoms with Gasteiger partial charge >= 0.3 is 0 Å². The second-order valence-electron chi connectivity index (χ2n) is 7.16. The van der Waals surface area contributed by atoms with Crippen molar-refractivity contribution in [2.75, 3.05) is 13.1 Å². The van der Waals surface area contributed by atoms with Gasteiger partial charge in [0.25, 0.3) is 0 Å². The second-order valence-corrected chi connectivity index (χ2v) is 8.72. The number of aromatic nitrogens is 3. The first kappa shape index (κ1) is 18.8. The SMILES string of the molecule is NS(=O)(=O)c1cccc(C2CCN(Cc3cn(-c4ccccc4)nn3)CC2)c1. The highest BCUT2D eigenvalue weighted by Crippen LogP contribution is 2.29. The third-order valence-corrected chi connectivity index (χ3v) is 6.10. The predicted octanol–water partition coefficient (Wildman–Crippen LogP) is 2.29. The molecule has 4 rings (SSSR count). The van der Waals surface area contributed by atoms with Gasteiger partial charge in [0.15, 0.2) is 0 Å². The van der Waals surface area contributed by atoms with Gasteiger partial charge in [-0.1, -0.05) is 35.5 Å². The molecule has 2 aromatic carbocycles. The molecule has 28 heavy (non-hydrogen) atoms. The lowest BCUT2D eigenvalue weighted by molar-refractivity contribution is 0.202. The van der Waals surface area contributed by atoms with Gasteiger partial charge in [0.2, 0.25) is 10.0 Å². The van der Waals surface area contributed by atoms with Crippen molar-refractivity contribution in [1.29, 1.82) is 0 Å². The number of likely N-dealkylation sites (tertiary alicyclic amines) is 1. The maximum atomic E-state index is 11.6. The van der Waals surface area contributed by atoms with Gasteiger partial charge in [0.1, 0.15) is 0 Å². The summed E-state index contributed by atoms with van der Waals surface area (Å²) in [6, 6.07) is 16.9. The van der Waals surface area contributed by atoms with Crippen LogP contribution in [0.15, 0.2) is 65.7 Å².